The molecule has 0 aliphatic carbocycles. The molecule has 0 radical (unpaired) electrons. The second-order valence-corrected chi connectivity index (χ2v) is 5.56. The second-order valence-electron chi connectivity index (χ2n) is 5.56. The molecule has 0 saturated heterocycles. The summed E-state index contributed by atoms with van der Waals surface area (Å²) >= 11 is 0. The van der Waals surface area contributed by atoms with Crippen LogP contribution in [0.15, 0.2) is 24.3 Å². The fourth-order valence-electron chi connectivity index (χ4n) is 1.93. The van der Waals surface area contributed by atoms with Gasteiger partial charge in [0.15, 0.2) is 0 Å². The van der Waals surface area contributed by atoms with Crippen LogP contribution in [0.5, 0.6) is 5.75 Å². The van der Waals surface area contributed by atoms with E-state index in [2.05, 4.69) is 0 Å². The molecule has 1 aromatic rings. The van der Waals surface area contributed by atoms with Crippen molar-refractivity contribution in [2.24, 2.45) is 0 Å². The Bertz CT molecular complexity index is 389. The number of benzene rings is 1. The molecule has 20 heavy (non-hydrogen) atoms. The van der Waals surface area contributed by atoms with Gasteiger partial charge in [-0.15, -0.1) is 0 Å². The Morgan fingerprint density at radius 3 is 2.40 bits per heavy atom. The number of nitrogens with zero attached hydrogens (tertiary/aromatic N) is 1. The van der Waals surface area contributed by atoms with Crippen molar-refractivity contribution >= 4 is 0 Å². The largest absolute Gasteiger partial charge is 0.491 e. The highest BCUT2D eigenvalue weighted by Gasteiger charge is 2.19. The second kappa shape index (κ2) is 7.57. The molecule has 1 atom stereocenters. The van der Waals surface area contributed by atoms with Crippen molar-refractivity contribution in [2.75, 3.05) is 26.2 Å². The van der Waals surface area contributed by atoms with Gasteiger partial charge >= 0.3 is 0 Å². The third-order valence-electron chi connectivity index (χ3n) is 2.78. The van der Waals surface area contributed by atoms with E-state index in [0.717, 1.165) is 6.54 Å². The molecule has 114 valence electrons. The molecule has 1 rings (SSSR count). The van der Waals surface area contributed by atoms with Crippen molar-refractivity contribution in [1.29, 1.82) is 0 Å². The highest BCUT2D eigenvalue weighted by Crippen LogP contribution is 2.12. The van der Waals surface area contributed by atoms with E-state index in [4.69, 9.17) is 4.74 Å². The van der Waals surface area contributed by atoms with E-state index >= 15 is 0 Å². The summed E-state index contributed by atoms with van der Waals surface area (Å²) in [7, 11) is 0. The van der Waals surface area contributed by atoms with Crippen molar-refractivity contribution in [3.63, 3.8) is 0 Å². The van der Waals surface area contributed by atoms with Crippen molar-refractivity contribution in [3.05, 3.63) is 30.1 Å². The number of rotatable bonds is 8. The Balaban J connectivity index is 2.38. The zero-order valence-corrected chi connectivity index (χ0v) is 12.3. The van der Waals surface area contributed by atoms with Gasteiger partial charge in [0.2, 0.25) is 0 Å². The number of ether oxygens (including phenoxy) is 1. The first-order chi connectivity index (χ1) is 9.30. The number of aliphatic hydroxyl groups is 2. The molecule has 0 aliphatic rings. The fourth-order valence-corrected chi connectivity index (χ4v) is 1.93. The van der Waals surface area contributed by atoms with Crippen LogP contribution in [-0.4, -0.2) is 53.1 Å². The molecule has 5 heteroatoms. The van der Waals surface area contributed by atoms with Crippen LogP contribution < -0.4 is 4.74 Å². The number of halogens is 1. The summed E-state index contributed by atoms with van der Waals surface area (Å²) in [5.41, 5.74) is -0.798. The summed E-state index contributed by atoms with van der Waals surface area (Å²) in [5.74, 6) is 0.205. The highest BCUT2D eigenvalue weighted by atomic mass is 19.1. The minimum Gasteiger partial charge on any atom is -0.491 e. The lowest BCUT2D eigenvalue weighted by molar-refractivity contribution is 0.0115. The lowest BCUT2D eigenvalue weighted by Gasteiger charge is -2.29. The SMILES string of the molecule is CCN(CC(O)COc1ccc(F)cc1)CC(C)(C)O. The van der Waals surface area contributed by atoms with Gasteiger partial charge in [0.1, 0.15) is 24.3 Å². The van der Waals surface area contributed by atoms with E-state index in [-0.39, 0.29) is 12.4 Å². The first-order valence-electron chi connectivity index (χ1n) is 6.81. The van der Waals surface area contributed by atoms with Crippen LogP contribution in [0.3, 0.4) is 0 Å². The molecule has 0 aromatic heterocycles. The van der Waals surface area contributed by atoms with E-state index in [9.17, 15) is 14.6 Å². The maximum absolute atomic E-state index is 12.7. The Hall–Kier alpha value is -1.17. The van der Waals surface area contributed by atoms with Crippen LogP contribution in [0.1, 0.15) is 20.8 Å². The zero-order valence-electron chi connectivity index (χ0n) is 12.3. The van der Waals surface area contributed by atoms with Crippen LogP contribution in [0.2, 0.25) is 0 Å². The minimum absolute atomic E-state index is 0.133. The Morgan fingerprint density at radius 2 is 1.90 bits per heavy atom. The predicted octanol–water partition coefficient (Wildman–Crippen LogP) is 1.66. The van der Waals surface area contributed by atoms with E-state index in [0.29, 0.717) is 18.8 Å². The third-order valence-corrected chi connectivity index (χ3v) is 2.78. The minimum atomic E-state index is -0.798. The van der Waals surface area contributed by atoms with E-state index in [1.807, 2.05) is 11.8 Å². The first-order valence-corrected chi connectivity index (χ1v) is 6.81. The van der Waals surface area contributed by atoms with E-state index in [1.165, 1.54) is 24.3 Å². The summed E-state index contributed by atoms with van der Waals surface area (Å²) in [5, 5.41) is 19.7. The van der Waals surface area contributed by atoms with Crippen LogP contribution in [0.4, 0.5) is 4.39 Å². The molecule has 0 heterocycles. The quantitative estimate of drug-likeness (QED) is 0.763. The van der Waals surface area contributed by atoms with Crippen LogP contribution >= 0.6 is 0 Å². The van der Waals surface area contributed by atoms with Gasteiger partial charge in [-0.25, -0.2) is 4.39 Å². The van der Waals surface area contributed by atoms with Crippen molar-refractivity contribution in [1.82, 2.24) is 4.90 Å². The van der Waals surface area contributed by atoms with Gasteiger partial charge in [-0.05, 0) is 44.7 Å². The molecule has 0 fully saturated rings. The Labute approximate surface area is 119 Å². The average Bonchev–Trinajstić information content (AvgIpc) is 2.35. The normalized spacial score (nSPS) is 13.6. The van der Waals surface area contributed by atoms with Gasteiger partial charge in [-0.1, -0.05) is 6.92 Å². The van der Waals surface area contributed by atoms with Gasteiger partial charge in [0.25, 0.3) is 0 Å². The lowest BCUT2D eigenvalue weighted by Crippen LogP contribution is -2.43. The maximum atomic E-state index is 12.7. The zero-order chi connectivity index (χ0) is 15.2. The lowest BCUT2D eigenvalue weighted by atomic mass is 10.1. The Morgan fingerprint density at radius 1 is 1.30 bits per heavy atom. The smallest absolute Gasteiger partial charge is 0.123 e. The third kappa shape index (κ3) is 6.84. The number of hydrogen-bond donors (Lipinski definition) is 2. The van der Waals surface area contributed by atoms with Gasteiger partial charge in [-0.2, -0.15) is 0 Å². The summed E-state index contributed by atoms with van der Waals surface area (Å²) in [6.07, 6.45) is -0.664. The summed E-state index contributed by atoms with van der Waals surface area (Å²) in [4.78, 5) is 1.96. The molecule has 1 aromatic carbocycles. The van der Waals surface area contributed by atoms with Gasteiger partial charge < -0.3 is 14.9 Å². The van der Waals surface area contributed by atoms with Crippen LogP contribution in [0.25, 0.3) is 0 Å². The standard InChI is InChI=1S/C15H24FNO3/c1-4-17(11-15(2,3)19)9-13(18)10-20-14-7-5-12(16)6-8-14/h5-8,13,18-19H,4,9-11H2,1-3H3. The topological polar surface area (TPSA) is 52.9 Å². The highest BCUT2D eigenvalue weighted by molar-refractivity contribution is 5.22. The van der Waals surface area contributed by atoms with Crippen LogP contribution in [-0.2, 0) is 0 Å². The predicted molar refractivity (Wildman–Crippen MR) is 76.3 cm³/mol. The van der Waals surface area contributed by atoms with Gasteiger partial charge in [0, 0.05) is 13.1 Å². The summed E-state index contributed by atoms with van der Waals surface area (Å²) < 4.78 is 18.1. The van der Waals surface area contributed by atoms with Gasteiger partial charge in [-0.3, -0.25) is 4.90 Å². The average molecular weight is 285 g/mol. The summed E-state index contributed by atoms with van der Waals surface area (Å²) in [6.45, 7) is 7.21. The molecule has 4 nitrogen and oxygen atoms in total. The molecule has 0 saturated carbocycles. The molecule has 0 amide bonds. The van der Waals surface area contributed by atoms with E-state index in [1.54, 1.807) is 13.8 Å². The molecular formula is C15H24FNO3. The van der Waals surface area contributed by atoms with Crippen molar-refractivity contribution in [2.45, 2.75) is 32.5 Å². The number of likely N-dealkylation sites (N-methyl/N-ethyl adjacent to an activating group) is 1. The van der Waals surface area contributed by atoms with Gasteiger partial charge in [0.05, 0.1) is 5.60 Å². The maximum Gasteiger partial charge on any atom is 0.123 e. The fraction of sp³-hybridized carbons (Fsp3) is 0.600. The molecule has 0 spiro atoms. The number of aliphatic hydroxyl groups excluding tert-OH is 1. The van der Waals surface area contributed by atoms with E-state index < -0.39 is 11.7 Å². The van der Waals surface area contributed by atoms with Crippen molar-refractivity contribution < 1.29 is 19.3 Å². The Kier molecular flexibility index (Phi) is 6.39. The molecular weight excluding hydrogens is 261 g/mol. The van der Waals surface area contributed by atoms with Crippen LogP contribution in [0, 0.1) is 5.82 Å². The van der Waals surface area contributed by atoms with Crippen molar-refractivity contribution in [3.8, 4) is 5.75 Å². The number of hydrogen-bond acceptors (Lipinski definition) is 4. The summed E-state index contributed by atoms with van der Waals surface area (Å²) in [6, 6.07) is 5.68. The molecule has 0 bridgehead atoms. The first kappa shape index (κ1) is 16.9. The molecule has 2 N–H and O–H groups in total. The monoisotopic (exact) mass is 285 g/mol. The molecule has 0 aliphatic heterocycles. The molecule has 1 unspecified atom stereocenters.